The lowest BCUT2D eigenvalue weighted by molar-refractivity contribution is -0.129. The molecule has 2 aromatic carbocycles. The van der Waals surface area contributed by atoms with Gasteiger partial charge in [-0.05, 0) is 75.8 Å². The van der Waals surface area contributed by atoms with E-state index < -0.39 is 0 Å². The number of rotatable bonds is 21. The van der Waals surface area contributed by atoms with Crippen molar-refractivity contribution >= 4 is 28.8 Å². The van der Waals surface area contributed by atoms with Crippen LogP contribution in [0.1, 0.15) is 81.3 Å². The van der Waals surface area contributed by atoms with Crippen LogP contribution < -0.4 is 21.4 Å². The summed E-state index contributed by atoms with van der Waals surface area (Å²) in [5.41, 5.74) is 4.38. The second-order valence-corrected chi connectivity index (χ2v) is 9.52. The summed E-state index contributed by atoms with van der Waals surface area (Å²) in [7, 11) is 0. The van der Waals surface area contributed by atoms with Crippen LogP contribution in [-0.2, 0) is 9.59 Å². The maximum atomic E-state index is 11.9. The van der Waals surface area contributed by atoms with E-state index in [0.29, 0.717) is 25.3 Å². The van der Waals surface area contributed by atoms with Gasteiger partial charge in [-0.1, -0.05) is 73.5 Å². The van der Waals surface area contributed by atoms with Crippen LogP contribution in [0.25, 0.3) is 0 Å². The lowest BCUT2D eigenvalue weighted by Crippen LogP contribution is -2.27. The Balaban J connectivity index is 0.00000722. The number of nitrogens with one attached hydrogen (secondary N) is 4. The standard InChI is InChI=1S/C30H46N4O3.BrH/c35-29(18-9-1-2-10-19-30(36)34-37)33-24-13-23-31-21-11-12-22-32-25-20-28(26-14-5-3-6-15-26)27-16-7-4-8-17-27;/h3-8,14-17,28,31-32,37H,1-2,9-13,18-25H2,(H,33,35)(H,34,36);1H. The first-order valence-electron chi connectivity index (χ1n) is 13.9. The molecule has 0 aromatic heterocycles. The van der Waals surface area contributed by atoms with Crippen LogP contribution in [0, 0.1) is 0 Å². The van der Waals surface area contributed by atoms with E-state index in [1.165, 1.54) is 11.1 Å². The average Bonchev–Trinajstić information content (AvgIpc) is 2.94. The zero-order valence-electron chi connectivity index (χ0n) is 22.6. The summed E-state index contributed by atoms with van der Waals surface area (Å²) in [6.07, 6.45) is 8.54. The molecule has 0 spiro atoms. The van der Waals surface area contributed by atoms with Crippen molar-refractivity contribution < 1.29 is 14.8 Å². The average molecular weight is 592 g/mol. The van der Waals surface area contributed by atoms with E-state index in [1.54, 1.807) is 5.48 Å². The summed E-state index contributed by atoms with van der Waals surface area (Å²) in [5, 5.41) is 18.5. The van der Waals surface area contributed by atoms with Gasteiger partial charge in [0.15, 0.2) is 0 Å². The molecule has 7 nitrogen and oxygen atoms in total. The van der Waals surface area contributed by atoms with Crippen LogP contribution in [0.5, 0.6) is 0 Å². The molecule has 0 unspecified atom stereocenters. The zero-order chi connectivity index (χ0) is 26.4. The van der Waals surface area contributed by atoms with Gasteiger partial charge in [0.2, 0.25) is 11.8 Å². The van der Waals surface area contributed by atoms with E-state index >= 15 is 0 Å². The molecule has 2 aromatic rings. The summed E-state index contributed by atoms with van der Waals surface area (Å²) in [4.78, 5) is 22.8. The van der Waals surface area contributed by atoms with Gasteiger partial charge in [0.25, 0.3) is 0 Å². The number of hydrogen-bond donors (Lipinski definition) is 5. The molecule has 2 rings (SSSR count). The number of carbonyl (C=O) groups excluding carboxylic acids is 2. The molecule has 0 aliphatic carbocycles. The molecule has 0 fully saturated rings. The first kappa shape index (κ1) is 33.8. The molecule has 38 heavy (non-hydrogen) atoms. The molecule has 5 N–H and O–H groups in total. The van der Waals surface area contributed by atoms with Crippen molar-refractivity contribution in [1.82, 2.24) is 21.4 Å². The van der Waals surface area contributed by atoms with E-state index in [-0.39, 0.29) is 28.8 Å². The lowest BCUT2D eigenvalue weighted by atomic mass is 9.88. The monoisotopic (exact) mass is 590 g/mol. The van der Waals surface area contributed by atoms with Crippen molar-refractivity contribution in [2.24, 2.45) is 0 Å². The van der Waals surface area contributed by atoms with Gasteiger partial charge in [-0.2, -0.15) is 0 Å². The van der Waals surface area contributed by atoms with Gasteiger partial charge >= 0.3 is 0 Å². The first-order chi connectivity index (χ1) is 18.2. The van der Waals surface area contributed by atoms with Gasteiger partial charge < -0.3 is 16.0 Å². The van der Waals surface area contributed by atoms with Gasteiger partial charge in [-0.25, -0.2) is 5.48 Å². The third-order valence-corrected chi connectivity index (χ3v) is 6.51. The Morgan fingerprint density at radius 1 is 0.605 bits per heavy atom. The van der Waals surface area contributed by atoms with Crippen molar-refractivity contribution in [3.8, 4) is 0 Å². The molecule has 0 heterocycles. The number of carbonyl (C=O) groups is 2. The number of unbranched alkanes of at least 4 members (excludes halogenated alkanes) is 4. The van der Waals surface area contributed by atoms with Gasteiger partial charge in [0.1, 0.15) is 0 Å². The number of amides is 2. The second-order valence-electron chi connectivity index (χ2n) is 9.52. The van der Waals surface area contributed by atoms with E-state index in [0.717, 1.165) is 77.5 Å². The van der Waals surface area contributed by atoms with E-state index in [1.807, 2.05) is 0 Å². The third-order valence-electron chi connectivity index (χ3n) is 6.51. The van der Waals surface area contributed by atoms with Crippen molar-refractivity contribution in [3.63, 3.8) is 0 Å². The Labute approximate surface area is 239 Å². The Morgan fingerprint density at radius 2 is 1.11 bits per heavy atom. The van der Waals surface area contributed by atoms with E-state index in [4.69, 9.17) is 5.21 Å². The number of hydroxylamine groups is 1. The second kappa shape index (κ2) is 22.7. The summed E-state index contributed by atoms with van der Waals surface area (Å²) in [5.74, 6) is 0.167. The van der Waals surface area contributed by atoms with E-state index in [9.17, 15) is 9.59 Å². The highest BCUT2D eigenvalue weighted by atomic mass is 79.9. The third kappa shape index (κ3) is 15.9. The molecule has 8 heteroatoms. The van der Waals surface area contributed by atoms with Crippen LogP contribution in [0.4, 0.5) is 0 Å². The smallest absolute Gasteiger partial charge is 0.243 e. The molecule has 0 aliphatic heterocycles. The molecule has 2 amide bonds. The molecule has 0 aliphatic rings. The lowest BCUT2D eigenvalue weighted by Gasteiger charge is -2.18. The maximum Gasteiger partial charge on any atom is 0.243 e. The normalized spacial score (nSPS) is 10.7. The fourth-order valence-corrected chi connectivity index (χ4v) is 4.40. The quantitative estimate of drug-likeness (QED) is 0.0790. The Morgan fingerprint density at radius 3 is 1.66 bits per heavy atom. The fourth-order valence-electron chi connectivity index (χ4n) is 4.40. The Hall–Kier alpha value is -2.26. The highest BCUT2D eigenvalue weighted by Crippen LogP contribution is 2.27. The fraction of sp³-hybridized carbons (Fsp3) is 0.533. The molecular formula is C30H47BrN4O3. The summed E-state index contributed by atoms with van der Waals surface area (Å²) in [6, 6.07) is 21.5. The first-order valence-corrected chi connectivity index (χ1v) is 13.9. The predicted molar refractivity (Wildman–Crippen MR) is 160 cm³/mol. The molecule has 0 saturated heterocycles. The van der Waals surface area contributed by atoms with Crippen molar-refractivity contribution in [2.75, 3.05) is 32.7 Å². The summed E-state index contributed by atoms with van der Waals surface area (Å²) < 4.78 is 0. The van der Waals surface area contributed by atoms with Crippen LogP contribution >= 0.6 is 17.0 Å². The topological polar surface area (TPSA) is 102 Å². The molecule has 212 valence electrons. The maximum absolute atomic E-state index is 11.9. The minimum Gasteiger partial charge on any atom is -0.356 e. The highest BCUT2D eigenvalue weighted by molar-refractivity contribution is 8.93. The van der Waals surface area contributed by atoms with Crippen LogP contribution in [0.3, 0.4) is 0 Å². The largest absolute Gasteiger partial charge is 0.356 e. The van der Waals surface area contributed by atoms with Crippen molar-refractivity contribution in [3.05, 3.63) is 71.8 Å². The Bertz CT molecular complexity index is 816. The number of halogens is 1. The highest BCUT2D eigenvalue weighted by Gasteiger charge is 2.13. The predicted octanol–water partition coefficient (Wildman–Crippen LogP) is 5.10. The Kier molecular flexibility index (Phi) is 20.2. The van der Waals surface area contributed by atoms with Crippen molar-refractivity contribution in [2.45, 2.75) is 70.1 Å². The molecule has 0 radical (unpaired) electrons. The zero-order valence-corrected chi connectivity index (χ0v) is 24.3. The van der Waals surface area contributed by atoms with Gasteiger partial charge in [0, 0.05) is 25.3 Å². The molecular weight excluding hydrogens is 544 g/mol. The minimum atomic E-state index is -0.352. The number of benzene rings is 2. The number of hydrogen-bond acceptors (Lipinski definition) is 5. The summed E-state index contributed by atoms with van der Waals surface area (Å²) >= 11 is 0. The molecule has 0 atom stereocenters. The van der Waals surface area contributed by atoms with Crippen molar-refractivity contribution in [1.29, 1.82) is 0 Å². The molecule has 0 bridgehead atoms. The molecule has 0 saturated carbocycles. The minimum absolute atomic E-state index is 0. The SMILES string of the molecule is Br.O=C(CCCCCCC(=O)NCCCNCCCCNCCC(c1ccccc1)c1ccccc1)NO. The van der Waals surface area contributed by atoms with E-state index in [2.05, 4.69) is 76.6 Å². The van der Waals surface area contributed by atoms with Crippen LogP contribution in [0.2, 0.25) is 0 Å². The van der Waals surface area contributed by atoms with Crippen LogP contribution in [-0.4, -0.2) is 49.7 Å². The van der Waals surface area contributed by atoms with Gasteiger partial charge in [0.05, 0.1) is 0 Å². The van der Waals surface area contributed by atoms with Gasteiger partial charge in [-0.3, -0.25) is 14.8 Å². The summed E-state index contributed by atoms with van der Waals surface area (Å²) in [6.45, 7) is 4.65. The van der Waals surface area contributed by atoms with Gasteiger partial charge in [-0.15, -0.1) is 17.0 Å². The van der Waals surface area contributed by atoms with Crippen LogP contribution in [0.15, 0.2) is 60.7 Å².